The molecule has 2 heterocycles. The van der Waals surface area contributed by atoms with Crippen molar-refractivity contribution in [1.82, 2.24) is 20.2 Å². The van der Waals surface area contributed by atoms with Gasteiger partial charge in [-0.2, -0.15) is 0 Å². The predicted molar refractivity (Wildman–Crippen MR) is 73.6 cm³/mol. The van der Waals surface area contributed by atoms with E-state index in [1.165, 1.54) is 0 Å². The monoisotopic (exact) mass is 248 g/mol. The fourth-order valence-corrected chi connectivity index (χ4v) is 2.49. The molecule has 0 aromatic carbocycles. The molecule has 100 valence electrons. The molecule has 1 aromatic heterocycles. The summed E-state index contributed by atoms with van der Waals surface area (Å²) < 4.78 is 0. The zero-order chi connectivity index (χ0) is 13.0. The highest BCUT2D eigenvalue weighted by Gasteiger charge is 2.28. The molecular weight excluding hydrogens is 224 g/mol. The second-order valence-corrected chi connectivity index (χ2v) is 5.54. The lowest BCUT2D eigenvalue weighted by Crippen LogP contribution is -2.54. The summed E-state index contributed by atoms with van der Waals surface area (Å²) in [6.45, 7) is 11.1. The molecule has 0 unspecified atom stereocenters. The molecule has 1 aliphatic heterocycles. The van der Waals surface area contributed by atoms with E-state index in [0.717, 1.165) is 50.5 Å². The number of nitrogens with zero attached hydrogens (tertiary/aromatic N) is 3. The molecule has 1 aliphatic rings. The molecule has 1 saturated heterocycles. The SMILES string of the molecule is CCc1ccnc(CC(C)(C)N2CCNCC2)n1. The van der Waals surface area contributed by atoms with Gasteiger partial charge in [-0.25, -0.2) is 9.97 Å². The van der Waals surface area contributed by atoms with Gasteiger partial charge in [0.15, 0.2) is 0 Å². The fraction of sp³-hybridized carbons (Fsp3) is 0.714. The number of aryl methyl sites for hydroxylation is 1. The first-order valence-electron chi connectivity index (χ1n) is 6.88. The van der Waals surface area contributed by atoms with Gasteiger partial charge in [0.25, 0.3) is 0 Å². The number of hydrogen-bond acceptors (Lipinski definition) is 4. The van der Waals surface area contributed by atoms with Crippen LogP contribution in [0, 0.1) is 0 Å². The van der Waals surface area contributed by atoms with Crippen molar-refractivity contribution in [2.24, 2.45) is 0 Å². The Labute approximate surface area is 110 Å². The van der Waals surface area contributed by atoms with Crippen molar-refractivity contribution >= 4 is 0 Å². The maximum absolute atomic E-state index is 4.62. The summed E-state index contributed by atoms with van der Waals surface area (Å²) >= 11 is 0. The molecule has 1 aromatic rings. The minimum absolute atomic E-state index is 0.133. The van der Waals surface area contributed by atoms with Crippen LogP contribution >= 0.6 is 0 Å². The molecule has 0 spiro atoms. The van der Waals surface area contributed by atoms with Crippen molar-refractivity contribution in [3.8, 4) is 0 Å². The number of nitrogens with one attached hydrogen (secondary N) is 1. The Morgan fingerprint density at radius 2 is 2.06 bits per heavy atom. The Morgan fingerprint density at radius 1 is 1.33 bits per heavy atom. The Morgan fingerprint density at radius 3 is 2.72 bits per heavy atom. The van der Waals surface area contributed by atoms with Gasteiger partial charge >= 0.3 is 0 Å². The summed E-state index contributed by atoms with van der Waals surface area (Å²) in [4.78, 5) is 11.6. The summed E-state index contributed by atoms with van der Waals surface area (Å²) in [6, 6.07) is 2.00. The highest BCUT2D eigenvalue weighted by Crippen LogP contribution is 2.19. The fourth-order valence-electron chi connectivity index (χ4n) is 2.49. The number of aromatic nitrogens is 2. The summed E-state index contributed by atoms with van der Waals surface area (Å²) in [5.41, 5.74) is 1.27. The average Bonchev–Trinajstić information content (AvgIpc) is 2.39. The molecule has 0 radical (unpaired) electrons. The van der Waals surface area contributed by atoms with E-state index in [9.17, 15) is 0 Å². The van der Waals surface area contributed by atoms with E-state index in [0.29, 0.717) is 0 Å². The van der Waals surface area contributed by atoms with Crippen LogP contribution in [0.3, 0.4) is 0 Å². The van der Waals surface area contributed by atoms with Crippen molar-refractivity contribution in [3.05, 3.63) is 23.8 Å². The lowest BCUT2D eigenvalue weighted by Gasteiger charge is -2.40. The second-order valence-electron chi connectivity index (χ2n) is 5.54. The third-order valence-electron chi connectivity index (χ3n) is 3.69. The lowest BCUT2D eigenvalue weighted by molar-refractivity contribution is 0.102. The highest BCUT2D eigenvalue weighted by atomic mass is 15.2. The van der Waals surface area contributed by atoms with E-state index in [2.05, 4.69) is 41.0 Å². The first kappa shape index (κ1) is 13.4. The Kier molecular flexibility index (Phi) is 4.30. The summed E-state index contributed by atoms with van der Waals surface area (Å²) in [6.07, 6.45) is 3.78. The van der Waals surface area contributed by atoms with E-state index >= 15 is 0 Å². The van der Waals surface area contributed by atoms with Gasteiger partial charge in [0.1, 0.15) is 5.82 Å². The molecule has 18 heavy (non-hydrogen) atoms. The van der Waals surface area contributed by atoms with E-state index in [1.54, 1.807) is 0 Å². The molecule has 0 saturated carbocycles. The van der Waals surface area contributed by atoms with Gasteiger partial charge in [-0.15, -0.1) is 0 Å². The molecule has 1 N–H and O–H groups in total. The smallest absolute Gasteiger partial charge is 0.130 e. The van der Waals surface area contributed by atoms with E-state index in [-0.39, 0.29) is 5.54 Å². The summed E-state index contributed by atoms with van der Waals surface area (Å²) in [7, 11) is 0. The van der Waals surface area contributed by atoms with Gasteiger partial charge in [-0.1, -0.05) is 6.92 Å². The predicted octanol–water partition coefficient (Wildman–Crippen LogP) is 1.27. The van der Waals surface area contributed by atoms with E-state index in [4.69, 9.17) is 0 Å². The molecule has 4 nitrogen and oxygen atoms in total. The van der Waals surface area contributed by atoms with Gasteiger partial charge in [-0.05, 0) is 26.3 Å². The first-order chi connectivity index (χ1) is 8.62. The van der Waals surface area contributed by atoms with Crippen LogP contribution in [0.15, 0.2) is 12.3 Å². The van der Waals surface area contributed by atoms with Crippen molar-refractivity contribution in [1.29, 1.82) is 0 Å². The quantitative estimate of drug-likeness (QED) is 0.871. The van der Waals surface area contributed by atoms with Crippen LogP contribution < -0.4 is 5.32 Å². The molecule has 0 amide bonds. The van der Waals surface area contributed by atoms with Gasteiger partial charge in [0.2, 0.25) is 0 Å². The normalized spacial score (nSPS) is 17.9. The number of rotatable bonds is 4. The van der Waals surface area contributed by atoms with Crippen LogP contribution in [0.5, 0.6) is 0 Å². The zero-order valence-corrected chi connectivity index (χ0v) is 11.7. The van der Waals surface area contributed by atoms with Crippen LogP contribution in [-0.4, -0.2) is 46.6 Å². The molecule has 2 rings (SSSR count). The summed E-state index contributed by atoms with van der Waals surface area (Å²) in [5, 5.41) is 3.40. The van der Waals surface area contributed by atoms with Gasteiger partial charge in [0, 0.05) is 50.0 Å². The standard InChI is InChI=1S/C14H24N4/c1-4-12-5-6-16-13(17-12)11-14(2,3)18-9-7-15-8-10-18/h5-6,15H,4,7-11H2,1-3H3. The van der Waals surface area contributed by atoms with Crippen molar-refractivity contribution in [2.75, 3.05) is 26.2 Å². The van der Waals surface area contributed by atoms with Crippen LogP contribution in [0.25, 0.3) is 0 Å². The Balaban J connectivity index is 2.05. The van der Waals surface area contributed by atoms with Crippen LogP contribution in [0.1, 0.15) is 32.3 Å². The minimum Gasteiger partial charge on any atom is -0.314 e. The van der Waals surface area contributed by atoms with Crippen LogP contribution in [0.4, 0.5) is 0 Å². The molecule has 4 heteroatoms. The number of hydrogen-bond donors (Lipinski definition) is 1. The van der Waals surface area contributed by atoms with Gasteiger partial charge < -0.3 is 5.32 Å². The van der Waals surface area contributed by atoms with Crippen LogP contribution in [0.2, 0.25) is 0 Å². The third-order valence-corrected chi connectivity index (χ3v) is 3.69. The maximum atomic E-state index is 4.62. The Bertz CT molecular complexity index is 383. The lowest BCUT2D eigenvalue weighted by atomic mass is 9.96. The zero-order valence-electron chi connectivity index (χ0n) is 11.7. The minimum atomic E-state index is 0.133. The largest absolute Gasteiger partial charge is 0.314 e. The summed E-state index contributed by atoms with van der Waals surface area (Å²) in [5.74, 6) is 0.970. The molecule has 0 atom stereocenters. The molecule has 0 bridgehead atoms. The molecule has 1 fully saturated rings. The van der Waals surface area contributed by atoms with Gasteiger partial charge in [0.05, 0.1) is 0 Å². The first-order valence-corrected chi connectivity index (χ1v) is 6.88. The van der Waals surface area contributed by atoms with Crippen molar-refractivity contribution in [2.45, 2.75) is 39.2 Å². The molecular formula is C14H24N4. The molecule has 0 aliphatic carbocycles. The van der Waals surface area contributed by atoms with Crippen molar-refractivity contribution < 1.29 is 0 Å². The maximum Gasteiger partial charge on any atom is 0.130 e. The average molecular weight is 248 g/mol. The van der Waals surface area contributed by atoms with Crippen LogP contribution in [-0.2, 0) is 12.8 Å². The van der Waals surface area contributed by atoms with Crippen molar-refractivity contribution in [3.63, 3.8) is 0 Å². The second kappa shape index (κ2) is 5.76. The third kappa shape index (κ3) is 3.27. The van der Waals surface area contributed by atoms with Gasteiger partial charge in [-0.3, -0.25) is 4.90 Å². The Hall–Kier alpha value is -1.00. The number of piperazine rings is 1. The highest BCUT2D eigenvalue weighted by molar-refractivity contribution is 5.05. The van der Waals surface area contributed by atoms with E-state index < -0.39 is 0 Å². The topological polar surface area (TPSA) is 41.1 Å². The van der Waals surface area contributed by atoms with E-state index in [1.807, 2.05) is 12.3 Å².